The SMILES string of the molecule is Cc1cc(C)c2c(c1)CCC(C)C(C)(C)C2. The molecule has 0 bridgehead atoms. The number of hydrogen-bond donors (Lipinski definition) is 0. The van der Waals surface area contributed by atoms with Gasteiger partial charge in [0.2, 0.25) is 0 Å². The zero-order chi connectivity index (χ0) is 11.9. The predicted octanol–water partition coefficient (Wildman–Crippen LogP) is 4.45. The number of aryl methyl sites for hydroxylation is 3. The highest BCUT2D eigenvalue weighted by Crippen LogP contribution is 2.39. The standard InChI is InChI=1S/C16H24/c1-11-8-12(2)15-10-16(4,5)13(3)6-7-14(15)9-11/h8-9,13H,6-7,10H2,1-5H3. The van der Waals surface area contributed by atoms with E-state index in [2.05, 4.69) is 46.8 Å². The third-order valence-corrected chi connectivity index (χ3v) is 4.52. The first-order valence-corrected chi connectivity index (χ1v) is 6.49. The van der Waals surface area contributed by atoms with Crippen LogP contribution in [0.1, 0.15) is 49.4 Å². The molecule has 0 N–H and O–H groups in total. The van der Waals surface area contributed by atoms with Crippen LogP contribution in [0.3, 0.4) is 0 Å². The maximum atomic E-state index is 2.42. The van der Waals surface area contributed by atoms with E-state index >= 15 is 0 Å². The molecule has 0 saturated heterocycles. The fourth-order valence-electron chi connectivity index (χ4n) is 2.95. The normalized spacial score (nSPS) is 23.7. The molecule has 0 amide bonds. The summed E-state index contributed by atoms with van der Waals surface area (Å²) in [6.45, 7) is 11.7. The Bertz CT molecular complexity index is 399. The fourth-order valence-corrected chi connectivity index (χ4v) is 2.95. The minimum atomic E-state index is 0.450. The van der Waals surface area contributed by atoms with Gasteiger partial charge in [0.25, 0.3) is 0 Å². The number of rotatable bonds is 0. The molecule has 88 valence electrons. The summed E-state index contributed by atoms with van der Waals surface area (Å²) in [5, 5.41) is 0. The second-order valence-electron chi connectivity index (χ2n) is 6.32. The molecule has 0 aliphatic heterocycles. The lowest BCUT2D eigenvalue weighted by atomic mass is 9.75. The monoisotopic (exact) mass is 216 g/mol. The highest BCUT2D eigenvalue weighted by Gasteiger charge is 2.30. The maximum Gasteiger partial charge on any atom is -0.0219 e. The second kappa shape index (κ2) is 3.91. The van der Waals surface area contributed by atoms with Gasteiger partial charge in [0, 0.05) is 0 Å². The Morgan fingerprint density at radius 2 is 1.88 bits per heavy atom. The van der Waals surface area contributed by atoms with Crippen LogP contribution in [0.4, 0.5) is 0 Å². The van der Waals surface area contributed by atoms with Gasteiger partial charge in [0.05, 0.1) is 0 Å². The van der Waals surface area contributed by atoms with Gasteiger partial charge in [-0.3, -0.25) is 0 Å². The van der Waals surface area contributed by atoms with Crippen molar-refractivity contribution >= 4 is 0 Å². The van der Waals surface area contributed by atoms with Crippen LogP contribution in [0.15, 0.2) is 12.1 Å². The number of benzene rings is 1. The van der Waals surface area contributed by atoms with Crippen molar-refractivity contribution in [3.8, 4) is 0 Å². The van der Waals surface area contributed by atoms with Crippen molar-refractivity contribution in [2.24, 2.45) is 11.3 Å². The van der Waals surface area contributed by atoms with Gasteiger partial charge in [-0.2, -0.15) is 0 Å². The van der Waals surface area contributed by atoms with Crippen LogP contribution in [0, 0.1) is 25.2 Å². The zero-order valence-electron chi connectivity index (χ0n) is 11.4. The van der Waals surface area contributed by atoms with Gasteiger partial charge in [-0.05, 0) is 61.1 Å². The molecule has 1 atom stereocenters. The van der Waals surface area contributed by atoms with Crippen molar-refractivity contribution in [3.05, 3.63) is 34.4 Å². The summed E-state index contributed by atoms with van der Waals surface area (Å²) in [4.78, 5) is 0. The Morgan fingerprint density at radius 1 is 1.19 bits per heavy atom. The molecule has 0 aromatic heterocycles. The first-order chi connectivity index (χ1) is 7.40. The summed E-state index contributed by atoms with van der Waals surface area (Å²) < 4.78 is 0. The minimum absolute atomic E-state index is 0.450. The topological polar surface area (TPSA) is 0 Å². The van der Waals surface area contributed by atoms with Gasteiger partial charge in [0.15, 0.2) is 0 Å². The highest BCUT2D eigenvalue weighted by molar-refractivity contribution is 5.39. The van der Waals surface area contributed by atoms with Crippen molar-refractivity contribution in [2.45, 2.75) is 53.9 Å². The van der Waals surface area contributed by atoms with Gasteiger partial charge in [-0.25, -0.2) is 0 Å². The third kappa shape index (κ3) is 2.03. The highest BCUT2D eigenvalue weighted by atomic mass is 14.3. The molecular formula is C16H24. The molecule has 0 nitrogen and oxygen atoms in total. The molecule has 0 spiro atoms. The second-order valence-corrected chi connectivity index (χ2v) is 6.32. The van der Waals surface area contributed by atoms with Gasteiger partial charge in [0.1, 0.15) is 0 Å². The molecule has 1 aliphatic rings. The predicted molar refractivity (Wildman–Crippen MR) is 70.9 cm³/mol. The quantitative estimate of drug-likeness (QED) is 0.562. The summed E-state index contributed by atoms with van der Waals surface area (Å²) in [6.07, 6.45) is 3.85. The molecule has 0 heteroatoms. The van der Waals surface area contributed by atoms with E-state index in [0.29, 0.717) is 5.41 Å². The van der Waals surface area contributed by atoms with E-state index in [0.717, 1.165) is 5.92 Å². The molecule has 1 aliphatic carbocycles. The van der Waals surface area contributed by atoms with Crippen LogP contribution in [-0.4, -0.2) is 0 Å². The molecule has 16 heavy (non-hydrogen) atoms. The molecule has 2 rings (SSSR count). The smallest absolute Gasteiger partial charge is 0.0219 e. The Balaban J connectivity index is 2.48. The minimum Gasteiger partial charge on any atom is -0.0620 e. The van der Waals surface area contributed by atoms with Gasteiger partial charge >= 0.3 is 0 Å². The largest absolute Gasteiger partial charge is 0.0620 e. The van der Waals surface area contributed by atoms with Crippen LogP contribution >= 0.6 is 0 Å². The Hall–Kier alpha value is -0.780. The van der Waals surface area contributed by atoms with Crippen molar-refractivity contribution in [2.75, 3.05) is 0 Å². The van der Waals surface area contributed by atoms with Crippen molar-refractivity contribution in [1.82, 2.24) is 0 Å². The average Bonchev–Trinajstić information content (AvgIpc) is 2.28. The Kier molecular flexibility index (Phi) is 2.86. The third-order valence-electron chi connectivity index (χ3n) is 4.52. The Morgan fingerprint density at radius 3 is 2.56 bits per heavy atom. The Labute approximate surface area is 100 Å². The number of fused-ring (bicyclic) bond motifs is 1. The van der Waals surface area contributed by atoms with Crippen LogP contribution < -0.4 is 0 Å². The van der Waals surface area contributed by atoms with Crippen molar-refractivity contribution in [3.63, 3.8) is 0 Å². The van der Waals surface area contributed by atoms with Gasteiger partial charge < -0.3 is 0 Å². The van der Waals surface area contributed by atoms with E-state index in [1.165, 1.54) is 30.4 Å². The molecule has 0 saturated carbocycles. The summed E-state index contributed by atoms with van der Waals surface area (Å²) in [5.74, 6) is 0.819. The molecule has 1 unspecified atom stereocenters. The molecule has 1 aromatic carbocycles. The lowest BCUT2D eigenvalue weighted by molar-refractivity contribution is 0.224. The van der Waals surface area contributed by atoms with Crippen molar-refractivity contribution < 1.29 is 0 Å². The van der Waals surface area contributed by atoms with E-state index in [1.54, 1.807) is 11.1 Å². The van der Waals surface area contributed by atoms with E-state index in [4.69, 9.17) is 0 Å². The average molecular weight is 216 g/mol. The molecule has 0 radical (unpaired) electrons. The zero-order valence-corrected chi connectivity index (χ0v) is 11.4. The molecule has 1 aromatic rings. The van der Waals surface area contributed by atoms with E-state index in [-0.39, 0.29) is 0 Å². The lowest BCUT2D eigenvalue weighted by Crippen LogP contribution is -2.23. The van der Waals surface area contributed by atoms with Gasteiger partial charge in [-0.15, -0.1) is 0 Å². The van der Waals surface area contributed by atoms with E-state index in [9.17, 15) is 0 Å². The molecule has 0 fully saturated rings. The summed E-state index contributed by atoms with van der Waals surface area (Å²) in [6, 6.07) is 4.74. The van der Waals surface area contributed by atoms with Crippen LogP contribution in [-0.2, 0) is 12.8 Å². The van der Waals surface area contributed by atoms with Crippen LogP contribution in [0.2, 0.25) is 0 Å². The van der Waals surface area contributed by atoms with E-state index in [1.807, 2.05) is 0 Å². The maximum absolute atomic E-state index is 2.42. The van der Waals surface area contributed by atoms with Crippen LogP contribution in [0.25, 0.3) is 0 Å². The fraction of sp³-hybridized carbons (Fsp3) is 0.625. The van der Waals surface area contributed by atoms with Crippen molar-refractivity contribution in [1.29, 1.82) is 0 Å². The summed E-state index contributed by atoms with van der Waals surface area (Å²) in [7, 11) is 0. The van der Waals surface area contributed by atoms with Crippen LogP contribution in [0.5, 0.6) is 0 Å². The summed E-state index contributed by atoms with van der Waals surface area (Å²) >= 11 is 0. The first-order valence-electron chi connectivity index (χ1n) is 6.49. The molecular weight excluding hydrogens is 192 g/mol. The lowest BCUT2D eigenvalue weighted by Gasteiger charge is -2.30. The van der Waals surface area contributed by atoms with Gasteiger partial charge in [-0.1, -0.05) is 38.5 Å². The van der Waals surface area contributed by atoms with E-state index < -0.39 is 0 Å². The summed E-state index contributed by atoms with van der Waals surface area (Å²) in [5.41, 5.74) is 6.60. The number of hydrogen-bond acceptors (Lipinski definition) is 0. The molecule has 0 heterocycles. The first kappa shape index (κ1) is 11.7.